The van der Waals surface area contributed by atoms with Gasteiger partial charge in [-0.05, 0) is 80.3 Å². The Balaban J connectivity index is 1.29. The number of nitrogens with zero attached hydrogens (tertiary/aromatic N) is 2. The van der Waals surface area contributed by atoms with Crippen molar-refractivity contribution < 1.29 is 14.3 Å². The summed E-state index contributed by atoms with van der Waals surface area (Å²) in [5, 5.41) is 1.15. The second-order valence-electron chi connectivity index (χ2n) is 9.43. The first-order chi connectivity index (χ1) is 16.2. The number of aromatic amines is 1. The van der Waals surface area contributed by atoms with Crippen molar-refractivity contribution in [1.82, 2.24) is 14.9 Å². The summed E-state index contributed by atoms with van der Waals surface area (Å²) in [5.74, 6) is 1.63. The number of rotatable bonds is 5. The van der Waals surface area contributed by atoms with Crippen molar-refractivity contribution in [3.8, 4) is 5.75 Å². The Morgan fingerprint density at radius 2 is 1.94 bits per heavy atom. The van der Waals surface area contributed by atoms with Gasteiger partial charge in [-0.25, -0.2) is 4.98 Å². The Bertz CT molecular complexity index is 1090. The SMILES string of the molecule is COc1ccc(C2(C(=O)N3CCC[C@@H](Cc4ccc5cc[nH]c5n4)CC3)CCOCC2)cc1. The van der Waals surface area contributed by atoms with Gasteiger partial charge in [-0.3, -0.25) is 4.79 Å². The third kappa shape index (κ3) is 4.49. The van der Waals surface area contributed by atoms with Crippen LogP contribution in [0.1, 0.15) is 43.4 Å². The Labute approximate surface area is 195 Å². The lowest BCUT2D eigenvalue weighted by Gasteiger charge is -2.40. The van der Waals surface area contributed by atoms with Crippen LogP contribution in [0, 0.1) is 5.92 Å². The number of pyridine rings is 1. The maximum atomic E-state index is 14.0. The van der Waals surface area contributed by atoms with Gasteiger partial charge in [-0.2, -0.15) is 0 Å². The molecule has 0 unspecified atom stereocenters. The minimum Gasteiger partial charge on any atom is -0.497 e. The summed E-state index contributed by atoms with van der Waals surface area (Å²) in [7, 11) is 1.67. The van der Waals surface area contributed by atoms with Gasteiger partial charge in [0.25, 0.3) is 0 Å². The molecule has 0 radical (unpaired) electrons. The van der Waals surface area contributed by atoms with E-state index in [2.05, 4.69) is 40.2 Å². The maximum absolute atomic E-state index is 14.0. The molecule has 6 nitrogen and oxygen atoms in total. The van der Waals surface area contributed by atoms with Crippen molar-refractivity contribution >= 4 is 16.9 Å². The molecule has 0 saturated carbocycles. The number of fused-ring (bicyclic) bond motifs is 1. The zero-order valence-corrected chi connectivity index (χ0v) is 19.4. The van der Waals surface area contributed by atoms with Crippen molar-refractivity contribution in [2.45, 2.75) is 43.9 Å². The largest absolute Gasteiger partial charge is 0.497 e. The number of benzene rings is 1. The highest BCUT2D eigenvalue weighted by atomic mass is 16.5. The van der Waals surface area contributed by atoms with E-state index in [9.17, 15) is 4.79 Å². The lowest BCUT2D eigenvalue weighted by atomic mass is 9.73. The number of aromatic nitrogens is 2. The molecule has 5 rings (SSSR count). The van der Waals surface area contributed by atoms with E-state index in [4.69, 9.17) is 14.5 Å². The Morgan fingerprint density at radius 3 is 2.73 bits per heavy atom. The van der Waals surface area contributed by atoms with Crippen LogP contribution < -0.4 is 4.74 Å². The second-order valence-corrected chi connectivity index (χ2v) is 9.43. The third-order valence-corrected chi connectivity index (χ3v) is 7.50. The monoisotopic (exact) mass is 447 g/mol. The highest BCUT2D eigenvalue weighted by molar-refractivity contribution is 5.88. The molecule has 33 heavy (non-hydrogen) atoms. The summed E-state index contributed by atoms with van der Waals surface area (Å²) in [6, 6.07) is 14.4. The average molecular weight is 448 g/mol. The van der Waals surface area contributed by atoms with E-state index in [0.717, 1.165) is 79.7 Å². The number of hydrogen-bond donors (Lipinski definition) is 1. The first-order valence-electron chi connectivity index (χ1n) is 12.1. The third-order valence-electron chi connectivity index (χ3n) is 7.50. The van der Waals surface area contributed by atoms with E-state index in [1.54, 1.807) is 7.11 Å². The average Bonchev–Trinajstić information content (AvgIpc) is 3.21. The van der Waals surface area contributed by atoms with Gasteiger partial charge in [0.15, 0.2) is 0 Å². The Hall–Kier alpha value is -2.86. The predicted molar refractivity (Wildman–Crippen MR) is 128 cm³/mol. The molecule has 0 aliphatic carbocycles. The molecule has 174 valence electrons. The van der Waals surface area contributed by atoms with Crippen molar-refractivity contribution in [3.05, 3.63) is 59.9 Å². The zero-order chi connectivity index (χ0) is 22.7. The van der Waals surface area contributed by atoms with E-state index < -0.39 is 5.41 Å². The highest BCUT2D eigenvalue weighted by Gasteiger charge is 2.44. The van der Waals surface area contributed by atoms with Crippen molar-refractivity contribution in [2.24, 2.45) is 5.92 Å². The molecular formula is C27H33N3O3. The highest BCUT2D eigenvalue weighted by Crippen LogP contribution is 2.38. The molecule has 2 aliphatic heterocycles. The van der Waals surface area contributed by atoms with Crippen LogP contribution in [-0.4, -0.2) is 54.2 Å². The van der Waals surface area contributed by atoms with Gasteiger partial charge >= 0.3 is 0 Å². The Kier molecular flexibility index (Phi) is 6.36. The number of carbonyl (C=O) groups is 1. The normalized spacial score (nSPS) is 21.0. The molecule has 1 atom stereocenters. The van der Waals surface area contributed by atoms with E-state index in [0.29, 0.717) is 19.1 Å². The Morgan fingerprint density at radius 1 is 1.12 bits per heavy atom. The molecule has 4 heterocycles. The molecule has 2 aromatic heterocycles. The summed E-state index contributed by atoms with van der Waals surface area (Å²) in [4.78, 5) is 24.1. The quantitative estimate of drug-likeness (QED) is 0.626. The van der Waals surface area contributed by atoms with Gasteiger partial charge < -0.3 is 19.4 Å². The van der Waals surface area contributed by atoms with Crippen molar-refractivity contribution in [1.29, 1.82) is 0 Å². The summed E-state index contributed by atoms with van der Waals surface area (Å²) in [6.07, 6.45) is 7.56. The molecule has 3 aromatic rings. The van der Waals surface area contributed by atoms with Gasteiger partial charge in [0.2, 0.25) is 5.91 Å². The number of nitrogens with one attached hydrogen (secondary N) is 1. The first kappa shape index (κ1) is 22.0. The van der Waals surface area contributed by atoms with Crippen LogP contribution in [0.2, 0.25) is 0 Å². The fraction of sp³-hybridized carbons (Fsp3) is 0.481. The predicted octanol–water partition coefficient (Wildman–Crippen LogP) is 4.49. The maximum Gasteiger partial charge on any atom is 0.233 e. The molecule has 1 aromatic carbocycles. The minimum atomic E-state index is -0.495. The molecule has 1 amide bonds. The first-order valence-corrected chi connectivity index (χ1v) is 12.1. The minimum absolute atomic E-state index is 0.266. The van der Waals surface area contributed by atoms with Gasteiger partial charge in [-0.1, -0.05) is 12.1 Å². The van der Waals surface area contributed by atoms with Crippen LogP contribution in [-0.2, 0) is 21.4 Å². The standard InChI is InChI=1S/C27H33N3O3/c1-32-24-8-5-22(6-9-24)27(12-17-33-18-13-27)26(31)30-15-2-3-20(11-16-30)19-23-7-4-21-10-14-28-25(21)29-23/h4-10,14,20H,2-3,11-13,15-19H2,1H3,(H,28,29)/t20-/m1/s1. The van der Waals surface area contributed by atoms with E-state index in [1.807, 2.05) is 18.3 Å². The second kappa shape index (κ2) is 9.56. The number of H-pyrrole nitrogens is 1. The van der Waals surface area contributed by atoms with Gasteiger partial charge in [0, 0.05) is 43.6 Å². The zero-order valence-electron chi connectivity index (χ0n) is 19.4. The van der Waals surface area contributed by atoms with Gasteiger partial charge in [-0.15, -0.1) is 0 Å². The molecular weight excluding hydrogens is 414 g/mol. The smallest absolute Gasteiger partial charge is 0.233 e. The number of hydrogen-bond acceptors (Lipinski definition) is 4. The van der Waals surface area contributed by atoms with Gasteiger partial charge in [0.05, 0.1) is 12.5 Å². The van der Waals surface area contributed by atoms with Crippen LogP contribution in [0.25, 0.3) is 11.0 Å². The lowest BCUT2D eigenvalue weighted by Crippen LogP contribution is -2.50. The fourth-order valence-electron chi connectivity index (χ4n) is 5.51. The molecule has 2 fully saturated rings. The molecule has 2 aliphatic rings. The number of ether oxygens (including phenoxy) is 2. The topological polar surface area (TPSA) is 67.5 Å². The van der Waals surface area contributed by atoms with Gasteiger partial charge in [0.1, 0.15) is 11.4 Å². The fourth-order valence-corrected chi connectivity index (χ4v) is 5.51. The number of likely N-dealkylation sites (tertiary alicyclic amines) is 1. The van der Waals surface area contributed by atoms with Crippen LogP contribution >= 0.6 is 0 Å². The van der Waals surface area contributed by atoms with Crippen molar-refractivity contribution in [2.75, 3.05) is 33.4 Å². The molecule has 0 bridgehead atoms. The van der Waals surface area contributed by atoms with Crippen LogP contribution in [0.4, 0.5) is 0 Å². The summed E-state index contributed by atoms with van der Waals surface area (Å²) >= 11 is 0. The van der Waals surface area contributed by atoms with Crippen LogP contribution in [0.5, 0.6) is 5.75 Å². The van der Waals surface area contributed by atoms with E-state index >= 15 is 0 Å². The summed E-state index contributed by atoms with van der Waals surface area (Å²) < 4.78 is 11.0. The van der Waals surface area contributed by atoms with E-state index in [1.165, 1.54) is 0 Å². The molecule has 2 saturated heterocycles. The molecule has 6 heteroatoms. The van der Waals surface area contributed by atoms with Crippen LogP contribution in [0.3, 0.4) is 0 Å². The summed E-state index contributed by atoms with van der Waals surface area (Å²) in [5.41, 5.74) is 2.68. The molecule has 0 spiro atoms. The molecule has 1 N–H and O–H groups in total. The van der Waals surface area contributed by atoms with Crippen molar-refractivity contribution in [3.63, 3.8) is 0 Å². The van der Waals surface area contributed by atoms with E-state index in [-0.39, 0.29) is 5.91 Å². The summed E-state index contributed by atoms with van der Waals surface area (Å²) in [6.45, 7) is 2.90. The number of amides is 1. The van der Waals surface area contributed by atoms with Crippen LogP contribution in [0.15, 0.2) is 48.7 Å². The lowest BCUT2D eigenvalue weighted by molar-refractivity contribution is -0.141. The number of methoxy groups -OCH3 is 1. The number of carbonyl (C=O) groups excluding carboxylic acids is 1.